The summed E-state index contributed by atoms with van der Waals surface area (Å²) in [5.41, 5.74) is 2.47. The molecule has 1 unspecified atom stereocenters. The lowest BCUT2D eigenvalue weighted by Gasteiger charge is -2.12. The lowest BCUT2D eigenvalue weighted by molar-refractivity contribution is -0.136. The van der Waals surface area contributed by atoms with E-state index in [9.17, 15) is 4.79 Å². The van der Waals surface area contributed by atoms with E-state index in [2.05, 4.69) is 30.4 Å². The summed E-state index contributed by atoms with van der Waals surface area (Å²) in [6.07, 6.45) is 0.856. The zero-order valence-corrected chi connectivity index (χ0v) is 9.16. The largest absolute Gasteiger partial charge is 0.480 e. The van der Waals surface area contributed by atoms with Gasteiger partial charge in [0.25, 0.3) is 0 Å². The van der Waals surface area contributed by atoms with Gasteiger partial charge in [-0.15, -0.1) is 0 Å². The third kappa shape index (κ3) is 4.61. The highest BCUT2D eigenvalue weighted by atomic mass is 16.4. The molecule has 1 atom stereocenters. The van der Waals surface area contributed by atoms with Crippen LogP contribution in [0.4, 0.5) is 0 Å². The summed E-state index contributed by atoms with van der Waals surface area (Å²) < 4.78 is 0. The van der Waals surface area contributed by atoms with E-state index in [0.717, 1.165) is 6.42 Å². The molecule has 0 aliphatic heterocycles. The first kappa shape index (κ1) is 11.7. The number of rotatable bonds is 5. The summed E-state index contributed by atoms with van der Waals surface area (Å²) in [4.78, 5) is 10.3. The van der Waals surface area contributed by atoms with Gasteiger partial charge in [0.1, 0.15) is 0 Å². The Kier molecular flexibility index (Phi) is 4.31. The highest BCUT2D eigenvalue weighted by molar-refractivity contribution is 5.69. The standard InChI is InChI=1S/C12H17NO2/c1-9-4-3-5-11(6-9)7-10(2)13-8-12(14)15/h3-6,10,13H,7-8H2,1-2H3,(H,14,15). The minimum atomic E-state index is -0.814. The lowest BCUT2D eigenvalue weighted by atomic mass is 10.1. The minimum Gasteiger partial charge on any atom is -0.480 e. The Morgan fingerprint density at radius 2 is 2.27 bits per heavy atom. The van der Waals surface area contributed by atoms with E-state index in [0.29, 0.717) is 0 Å². The van der Waals surface area contributed by atoms with E-state index >= 15 is 0 Å². The average Bonchev–Trinajstić information content (AvgIpc) is 2.15. The van der Waals surface area contributed by atoms with Gasteiger partial charge in [0, 0.05) is 6.04 Å². The van der Waals surface area contributed by atoms with Crippen LogP contribution in [0.1, 0.15) is 18.1 Å². The minimum absolute atomic E-state index is 0.0208. The molecule has 3 nitrogen and oxygen atoms in total. The molecular formula is C12H17NO2. The van der Waals surface area contributed by atoms with Crippen LogP contribution < -0.4 is 5.32 Å². The molecule has 1 rings (SSSR count). The molecule has 82 valence electrons. The molecule has 0 aliphatic carbocycles. The van der Waals surface area contributed by atoms with Gasteiger partial charge in [0.15, 0.2) is 0 Å². The fraction of sp³-hybridized carbons (Fsp3) is 0.417. The molecule has 3 heteroatoms. The van der Waals surface area contributed by atoms with Crippen molar-refractivity contribution in [1.82, 2.24) is 5.32 Å². The van der Waals surface area contributed by atoms with Crippen LogP contribution in [0.5, 0.6) is 0 Å². The smallest absolute Gasteiger partial charge is 0.317 e. The van der Waals surface area contributed by atoms with Gasteiger partial charge >= 0.3 is 5.97 Å². The number of benzene rings is 1. The maximum absolute atomic E-state index is 10.3. The van der Waals surface area contributed by atoms with Crippen molar-refractivity contribution in [2.45, 2.75) is 26.3 Å². The predicted molar refractivity (Wildman–Crippen MR) is 60.0 cm³/mol. The molecule has 1 aromatic carbocycles. The van der Waals surface area contributed by atoms with Crippen LogP contribution in [0.2, 0.25) is 0 Å². The van der Waals surface area contributed by atoms with Gasteiger partial charge in [-0.3, -0.25) is 4.79 Å². The first-order valence-corrected chi connectivity index (χ1v) is 5.08. The van der Waals surface area contributed by atoms with Gasteiger partial charge in [0.2, 0.25) is 0 Å². The van der Waals surface area contributed by atoms with Crippen molar-refractivity contribution in [2.75, 3.05) is 6.54 Å². The van der Waals surface area contributed by atoms with Crippen LogP contribution in [0.15, 0.2) is 24.3 Å². The van der Waals surface area contributed by atoms with Crippen molar-refractivity contribution >= 4 is 5.97 Å². The van der Waals surface area contributed by atoms with Crippen molar-refractivity contribution in [3.8, 4) is 0 Å². The highest BCUT2D eigenvalue weighted by Gasteiger charge is 2.04. The second-order valence-electron chi connectivity index (χ2n) is 3.87. The Morgan fingerprint density at radius 1 is 1.53 bits per heavy atom. The molecule has 0 radical (unpaired) electrons. The van der Waals surface area contributed by atoms with Gasteiger partial charge in [-0.25, -0.2) is 0 Å². The summed E-state index contributed by atoms with van der Waals surface area (Å²) in [6.45, 7) is 4.07. The topological polar surface area (TPSA) is 49.3 Å². The number of carbonyl (C=O) groups is 1. The van der Waals surface area contributed by atoms with Gasteiger partial charge < -0.3 is 10.4 Å². The van der Waals surface area contributed by atoms with Crippen molar-refractivity contribution in [3.63, 3.8) is 0 Å². The molecule has 0 aromatic heterocycles. The Hall–Kier alpha value is -1.35. The summed E-state index contributed by atoms with van der Waals surface area (Å²) >= 11 is 0. The van der Waals surface area contributed by atoms with Crippen LogP contribution >= 0.6 is 0 Å². The normalized spacial score (nSPS) is 12.4. The lowest BCUT2D eigenvalue weighted by Crippen LogP contribution is -2.32. The number of carboxylic acids is 1. The molecule has 0 amide bonds. The van der Waals surface area contributed by atoms with Crippen molar-refractivity contribution in [3.05, 3.63) is 35.4 Å². The molecule has 0 spiro atoms. The first-order valence-electron chi connectivity index (χ1n) is 5.08. The Balaban J connectivity index is 2.44. The number of hydrogen-bond donors (Lipinski definition) is 2. The van der Waals surface area contributed by atoms with E-state index in [4.69, 9.17) is 5.11 Å². The van der Waals surface area contributed by atoms with Crippen LogP contribution in [0, 0.1) is 6.92 Å². The number of aryl methyl sites for hydroxylation is 1. The number of nitrogens with one attached hydrogen (secondary N) is 1. The Bertz CT molecular complexity index is 336. The Labute approximate surface area is 90.1 Å². The average molecular weight is 207 g/mol. The fourth-order valence-electron chi connectivity index (χ4n) is 1.53. The van der Waals surface area contributed by atoms with E-state index < -0.39 is 5.97 Å². The number of aliphatic carboxylic acids is 1. The van der Waals surface area contributed by atoms with E-state index in [1.807, 2.05) is 13.0 Å². The summed E-state index contributed by atoms with van der Waals surface area (Å²) in [6, 6.07) is 8.45. The van der Waals surface area contributed by atoms with Crippen molar-refractivity contribution < 1.29 is 9.90 Å². The molecule has 1 aromatic rings. The van der Waals surface area contributed by atoms with Crippen LogP contribution in [0.3, 0.4) is 0 Å². The molecule has 0 fully saturated rings. The summed E-state index contributed by atoms with van der Waals surface area (Å²) in [7, 11) is 0. The maximum Gasteiger partial charge on any atom is 0.317 e. The Morgan fingerprint density at radius 3 is 2.87 bits per heavy atom. The van der Waals surface area contributed by atoms with Crippen LogP contribution in [-0.4, -0.2) is 23.7 Å². The fourth-order valence-corrected chi connectivity index (χ4v) is 1.53. The molecule has 0 saturated carbocycles. The van der Waals surface area contributed by atoms with E-state index in [-0.39, 0.29) is 12.6 Å². The zero-order valence-electron chi connectivity index (χ0n) is 9.16. The zero-order chi connectivity index (χ0) is 11.3. The molecule has 2 N–H and O–H groups in total. The van der Waals surface area contributed by atoms with Gasteiger partial charge in [-0.2, -0.15) is 0 Å². The first-order chi connectivity index (χ1) is 7.08. The SMILES string of the molecule is Cc1cccc(CC(C)NCC(=O)O)c1. The molecule has 0 heterocycles. The monoisotopic (exact) mass is 207 g/mol. The second kappa shape index (κ2) is 5.51. The molecular weight excluding hydrogens is 190 g/mol. The molecule has 0 bridgehead atoms. The van der Waals surface area contributed by atoms with Crippen LogP contribution in [0.25, 0.3) is 0 Å². The summed E-state index contributed by atoms with van der Waals surface area (Å²) in [5.74, 6) is -0.814. The van der Waals surface area contributed by atoms with Crippen LogP contribution in [-0.2, 0) is 11.2 Å². The third-order valence-corrected chi connectivity index (χ3v) is 2.23. The van der Waals surface area contributed by atoms with E-state index in [1.54, 1.807) is 0 Å². The molecule has 0 aliphatic rings. The van der Waals surface area contributed by atoms with Gasteiger partial charge in [-0.05, 0) is 25.8 Å². The number of hydrogen-bond acceptors (Lipinski definition) is 2. The third-order valence-electron chi connectivity index (χ3n) is 2.23. The molecule has 15 heavy (non-hydrogen) atoms. The second-order valence-corrected chi connectivity index (χ2v) is 3.87. The van der Waals surface area contributed by atoms with Gasteiger partial charge in [0.05, 0.1) is 6.54 Å². The van der Waals surface area contributed by atoms with Crippen molar-refractivity contribution in [1.29, 1.82) is 0 Å². The maximum atomic E-state index is 10.3. The predicted octanol–water partition coefficient (Wildman–Crippen LogP) is 1.60. The van der Waals surface area contributed by atoms with E-state index in [1.165, 1.54) is 11.1 Å². The number of carboxylic acid groups (broad SMARTS) is 1. The summed E-state index contributed by atoms with van der Waals surface area (Å²) in [5, 5.41) is 11.5. The quantitative estimate of drug-likeness (QED) is 0.771. The van der Waals surface area contributed by atoms with Gasteiger partial charge in [-0.1, -0.05) is 29.8 Å². The molecule has 0 saturated heterocycles. The highest BCUT2D eigenvalue weighted by Crippen LogP contribution is 2.06. The van der Waals surface area contributed by atoms with Crippen molar-refractivity contribution in [2.24, 2.45) is 0 Å².